The van der Waals surface area contributed by atoms with Crippen molar-refractivity contribution in [3.63, 3.8) is 0 Å². The Morgan fingerprint density at radius 2 is 1.64 bits per heavy atom. The van der Waals surface area contributed by atoms with E-state index < -0.39 is 57.2 Å². The number of ether oxygens (including phenoxy) is 3. The number of alkyl carbamates (subject to hydrolysis) is 1. The number of carboxylic acid groups (broad SMARTS) is 1. The van der Waals surface area contributed by atoms with Gasteiger partial charge < -0.3 is 24.6 Å². The average Bonchev–Trinajstić information content (AvgIpc) is 2.94. The third-order valence-corrected chi connectivity index (χ3v) is 8.79. The van der Waals surface area contributed by atoms with E-state index in [1.807, 2.05) is 18.2 Å². The number of nitrogens with zero attached hydrogens (tertiary/aromatic N) is 1. The molecule has 1 aliphatic heterocycles. The number of amides is 1. The Hall–Kier alpha value is -4.49. The van der Waals surface area contributed by atoms with Gasteiger partial charge in [0, 0.05) is 19.4 Å². The maximum Gasteiger partial charge on any atom is 0.410 e. The topological polar surface area (TPSA) is 149 Å². The van der Waals surface area contributed by atoms with Crippen molar-refractivity contribution in [2.75, 3.05) is 13.1 Å². The fraction of sp³-hybridized carbons (Fsp3) is 0.344. The summed E-state index contributed by atoms with van der Waals surface area (Å²) in [6.45, 7) is 6.09. The molecule has 11 nitrogen and oxygen atoms in total. The van der Waals surface area contributed by atoms with Crippen LogP contribution in [0.25, 0.3) is 0 Å². The van der Waals surface area contributed by atoms with E-state index in [4.69, 9.17) is 14.2 Å². The van der Waals surface area contributed by atoms with Gasteiger partial charge in [-0.3, -0.25) is 4.79 Å². The van der Waals surface area contributed by atoms with Gasteiger partial charge in [0.05, 0.1) is 23.4 Å². The Labute approximate surface area is 261 Å². The van der Waals surface area contributed by atoms with E-state index in [-0.39, 0.29) is 30.2 Å². The summed E-state index contributed by atoms with van der Waals surface area (Å²) in [4.78, 5) is 36.2. The molecule has 240 valence electrons. The third-order valence-electron chi connectivity index (χ3n) is 7.00. The van der Waals surface area contributed by atoms with Crippen LogP contribution in [0, 0.1) is 11.2 Å². The monoisotopic (exact) mass is 642 g/mol. The minimum Gasteiger partial charge on any atom is -0.480 e. The van der Waals surface area contributed by atoms with Crippen LogP contribution in [-0.4, -0.2) is 61.3 Å². The van der Waals surface area contributed by atoms with E-state index in [2.05, 4.69) is 5.32 Å². The highest BCUT2D eigenvalue weighted by Crippen LogP contribution is 2.40. The zero-order valence-electron chi connectivity index (χ0n) is 25.2. The second-order valence-electron chi connectivity index (χ2n) is 11.7. The summed E-state index contributed by atoms with van der Waals surface area (Å²) >= 11 is 0. The maximum atomic E-state index is 13.9. The number of aliphatic carboxylic acids is 1. The molecule has 45 heavy (non-hydrogen) atoms. The van der Waals surface area contributed by atoms with Gasteiger partial charge in [0.2, 0.25) is 16.3 Å². The minimum absolute atomic E-state index is 0.0524. The van der Waals surface area contributed by atoms with Gasteiger partial charge in [0.1, 0.15) is 17.6 Å². The van der Waals surface area contributed by atoms with E-state index in [0.717, 1.165) is 5.56 Å². The summed E-state index contributed by atoms with van der Waals surface area (Å²) in [5, 5.41) is 11.9. The van der Waals surface area contributed by atoms with E-state index in [0.29, 0.717) is 5.56 Å². The summed E-state index contributed by atoms with van der Waals surface area (Å²) in [7, 11) is -4.05. The first kappa shape index (κ1) is 33.4. The molecule has 3 aromatic carbocycles. The minimum atomic E-state index is -4.05. The summed E-state index contributed by atoms with van der Waals surface area (Å²) in [5.74, 6) is -2.23. The zero-order valence-corrected chi connectivity index (χ0v) is 26.0. The molecule has 0 bridgehead atoms. The van der Waals surface area contributed by atoms with Crippen molar-refractivity contribution in [1.82, 2.24) is 9.62 Å². The second kappa shape index (κ2) is 13.2. The van der Waals surface area contributed by atoms with Gasteiger partial charge in [-0.15, -0.1) is 0 Å². The van der Waals surface area contributed by atoms with Crippen LogP contribution in [0.2, 0.25) is 0 Å². The summed E-state index contributed by atoms with van der Waals surface area (Å²) in [5.41, 5.74) is -0.853. The van der Waals surface area contributed by atoms with Crippen molar-refractivity contribution in [3.8, 4) is 5.75 Å². The van der Waals surface area contributed by atoms with Gasteiger partial charge in [0.15, 0.2) is 5.60 Å². The van der Waals surface area contributed by atoms with Gasteiger partial charge >= 0.3 is 18.0 Å². The number of carbonyl (C=O) groups is 3. The number of carbonyl (C=O) groups excluding carboxylic acids is 2. The molecule has 1 saturated heterocycles. The number of hydrogen-bond acceptors (Lipinski definition) is 8. The van der Waals surface area contributed by atoms with Crippen molar-refractivity contribution < 1.29 is 46.5 Å². The normalized spacial score (nSPS) is 16.0. The molecule has 2 N–H and O–H groups in total. The van der Waals surface area contributed by atoms with Gasteiger partial charge in [0.25, 0.3) is 0 Å². The van der Waals surface area contributed by atoms with Crippen molar-refractivity contribution in [3.05, 3.63) is 95.8 Å². The zero-order chi connectivity index (χ0) is 33.0. The lowest BCUT2D eigenvalue weighted by Gasteiger charge is -2.48. The molecular formula is C32H35FN2O9S. The molecule has 0 saturated carbocycles. The van der Waals surface area contributed by atoms with Crippen molar-refractivity contribution in [2.24, 2.45) is 5.41 Å². The molecule has 2 unspecified atom stereocenters. The van der Waals surface area contributed by atoms with Crippen molar-refractivity contribution in [2.45, 2.75) is 56.9 Å². The lowest BCUT2D eigenvalue weighted by molar-refractivity contribution is -0.174. The predicted molar refractivity (Wildman–Crippen MR) is 160 cm³/mol. The highest BCUT2D eigenvalue weighted by Gasteiger charge is 2.52. The number of nitrogens with one attached hydrogen (secondary N) is 1. The van der Waals surface area contributed by atoms with Gasteiger partial charge in [-0.05, 0) is 56.2 Å². The van der Waals surface area contributed by atoms with Gasteiger partial charge in [-0.25, -0.2) is 22.4 Å². The molecule has 1 amide bonds. The molecule has 3 aromatic rings. The van der Waals surface area contributed by atoms with Crippen LogP contribution >= 0.6 is 0 Å². The van der Waals surface area contributed by atoms with Crippen LogP contribution < -0.4 is 10.1 Å². The summed E-state index contributed by atoms with van der Waals surface area (Å²) < 4.78 is 58.6. The molecule has 13 heteroatoms. The lowest BCUT2D eigenvalue weighted by atomic mass is 9.87. The van der Waals surface area contributed by atoms with Crippen LogP contribution in [0.4, 0.5) is 9.18 Å². The van der Waals surface area contributed by atoms with E-state index in [1.165, 1.54) is 53.7 Å². The Morgan fingerprint density at radius 3 is 2.27 bits per heavy atom. The molecule has 0 aliphatic carbocycles. The number of sulfonamides is 1. The molecule has 1 aliphatic rings. The highest BCUT2D eigenvalue weighted by molar-refractivity contribution is 7.89. The summed E-state index contributed by atoms with van der Waals surface area (Å²) in [6.07, 6.45) is -2.67. The molecule has 4 rings (SSSR count). The number of hydrogen-bond donors (Lipinski definition) is 2. The van der Waals surface area contributed by atoms with E-state index >= 15 is 0 Å². The molecule has 1 fully saturated rings. The quantitative estimate of drug-likeness (QED) is 0.228. The molecule has 0 aromatic heterocycles. The molecule has 0 spiro atoms. The number of benzene rings is 3. The second-order valence-corrected chi connectivity index (χ2v) is 13.6. The number of halogens is 1. The standard InChI is InChI=1S/C32H35FN2O9S/c1-21(42-29(38)31(2,3)4)43-30(39)34-27(28(36)37)17-22-10-8-15-26(16-22)45(40,41)35-19-32(20-35,23-11-6-5-7-12-23)44-25-14-9-13-24(33)18-25/h5-16,18,21,27H,17,19-20H2,1-4H3,(H,34,39)(H,36,37). The van der Waals surface area contributed by atoms with Gasteiger partial charge in [-0.2, -0.15) is 4.31 Å². The lowest BCUT2D eigenvalue weighted by Crippen LogP contribution is -2.64. The highest BCUT2D eigenvalue weighted by atomic mass is 32.2. The van der Waals surface area contributed by atoms with Crippen LogP contribution in [0.1, 0.15) is 38.8 Å². The van der Waals surface area contributed by atoms with Crippen LogP contribution in [0.3, 0.4) is 0 Å². The van der Waals surface area contributed by atoms with Crippen LogP contribution in [0.5, 0.6) is 5.75 Å². The Balaban J connectivity index is 1.46. The van der Waals surface area contributed by atoms with E-state index in [9.17, 15) is 32.3 Å². The molecular weight excluding hydrogens is 607 g/mol. The predicted octanol–water partition coefficient (Wildman–Crippen LogP) is 4.46. The molecule has 0 radical (unpaired) electrons. The first-order valence-electron chi connectivity index (χ1n) is 14.1. The first-order valence-corrected chi connectivity index (χ1v) is 15.5. The van der Waals surface area contributed by atoms with Gasteiger partial charge in [-0.1, -0.05) is 48.5 Å². The van der Waals surface area contributed by atoms with Crippen LogP contribution in [-0.2, 0) is 41.1 Å². The van der Waals surface area contributed by atoms with Crippen molar-refractivity contribution >= 4 is 28.1 Å². The molecule has 1 heterocycles. The fourth-order valence-corrected chi connectivity index (χ4v) is 6.20. The Morgan fingerprint density at radius 1 is 0.978 bits per heavy atom. The average molecular weight is 643 g/mol. The maximum absolute atomic E-state index is 13.9. The van der Waals surface area contributed by atoms with Crippen LogP contribution in [0.15, 0.2) is 83.8 Å². The largest absolute Gasteiger partial charge is 0.480 e. The smallest absolute Gasteiger partial charge is 0.410 e. The summed E-state index contributed by atoms with van der Waals surface area (Å²) in [6, 6.07) is 18.9. The molecule has 2 atom stereocenters. The SMILES string of the molecule is CC(OC(=O)NC(Cc1cccc(S(=O)(=O)N2CC(Oc3cccc(F)c3)(c3ccccc3)C2)c1)C(=O)O)OC(=O)C(C)(C)C. The Kier molecular flexibility index (Phi) is 9.83. The fourth-order valence-electron chi connectivity index (χ4n) is 4.59. The van der Waals surface area contributed by atoms with E-state index in [1.54, 1.807) is 39.0 Å². The number of carboxylic acids is 1. The third kappa shape index (κ3) is 8.17. The Bertz CT molecular complexity index is 1650. The van der Waals surface area contributed by atoms with Crippen molar-refractivity contribution in [1.29, 1.82) is 0 Å². The number of esters is 1. The first-order chi connectivity index (χ1) is 21.1. The number of rotatable bonds is 11.